The van der Waals surface area contributed by atoms with Gasteiger partial charge in [-0.2, -0.15) is 21.6 Å². The molecule has 0 radical (unpaired) electrons. The Labute approximate surface area is 102 Å². The highest BCUT2D eigenvalue weighted by molar-refractivity contribution is 7.87. The molecular weight excluding hydrogens is 277 g/mol. The van der Waals surface area contributed by atoms with E-state index in [0.717, 1.165) is 0 Å². The molecule has 0 aromatic carbocycles. The van der Waals surface area contributed by atoms with E-state index in [2.05, 4.69) is 4.18 Å². The molecule has 0 spiro atoms. The average molecular weight is 290 g/mol. The van der Waals surface area contributed by atoms with Gasteiger partial charge in [0.2, 0.25) is 0 Å². The molecule has 106 valence electrons. The summed E-state index contributed by atoms with van der Waals surface area (Å²) in [7, 11) is -5.60. The van der Waals surface area contributed by atoms with Crippen molar-refractivity contribution in [3.05, 3.63) is 0 Å². The Hall–Kier alpha value is -0.830. The Morgan fingerprint density at radius 3 is 2.28 bits per heavy atom. The Morgan fingerprint density at radius 2 is 1.89 bits per heavy atom. The van der Waals surface area contributed by atoms with Crippen molar-refractivity contribution in [1.82, 2.24) is 0 Å². The molecule has 0 aromatic rings. The van der Waals surface area contributed by atoms with Crippen LogP contribution in [0.3, 0.4) is 0 Å². The number of ether oxygens (including phenoxy) is 1. The number of carbonyl (C=O) groups excluding carboxylic acids is 1. The monoisotopic (exact) mass is 290 g/mol. The second kappa shape index (κ2) is 4.69. The highest BCUT2D eigenvalue weighted by Crippen LogP contribution is 2.45. The van der Waals surface area contributed by atoms with Crippen LogP contribution in [-0.4, -0.2) is 32.6 Å². The Morgan fingerprint density at radius 1 is 1.39 bits per heavy atom. The van der Waals surface area contributed by atoms with E-state index in [4.69, 9.17) is 4.74 Å². The summed E-state index contributed by atoms with van der Waals surface area (Å²) in [5.74, 6) is -0.561. The largest absolute Gasteiger partial charge is 0.523 e. The summed E-state index contributed by atoms with van der Waals surface area (Å²) < 4.78 is 66.2. The van der Waals surface area contributed by atoms with E-state index in [-0.39, 0.29) is 19.4 Å². The van der Waals surface area contributed by atoms with Gasteiger partial charge in [0.1, 0.15) is 0 Å². The number of hydrogen-bond donors (Lipinski definition) is 0. The van der Waals surface area contributed by atoms with Crippen LogP contribution in [0.2, 0.25) is 0 Å². The molecule has 0 bridgehead atoms. The van der Waals surface area contributed by atoms with E-state index < -0.39 is 33.1 Å². The van der Waals surface area contributed by atoms with Crippen LogP contribution in [-0.2, 0) is 23.8 Å². The molecule has 0 saturated heterocycles. The first kappa shape index (κ1) is 15.2. The first-order valence-corrected chi connectivity index (χ1v) is 6.59. The van der Waals surface area contributed by atoms with E-state index in [9.17, 15) is 26.4 Å². The van der Waals surface area contributed by atoms with Gasteiger partial charge in [-0.05, 0) is 26.7 Å². The fraction of sp³-hybridized carbons (Fsp3) is 0.889. The lowest BCUT2D eigenvalue weighted by atomic mass is 9.68. The average Bonchev–Trinajstić information content (AvgIpc) is 2.13. The van der Waals surface area contributed by atoms with Gasteiger partial charge in [0, 0.05) is 0 Å². The number of carbonyl (C=O) groups is 1. The summed E-state index contributed by atoms with van der Waals surface area (Å²) in [5.41, 5.74) is -6.41. The van der Waals surface area contributed by atoms with Crippen LogP contribution in [0.4, 0.5) is 13.2 Å². The smallest absolute Gasteiger partial charge is 0.466 e. The maximum Gasteiger partial charge on any atom is 0.523 e. The third-order valence-electron chi connectivity index (χ3n) is 2.67. The molecule has 0 aliphatic heterocycles. The Bertz CT molecular complexity index is 422. The van der Waals surface area contributed by atoms with Gasteiger partial charge in [0.25, 0.3) is 0 Å². The van der Waals surface area contributed by atoms with Crippen LogP contribution >= 0.6 is 0 Å². The van der Waals surface area contributed by atoms with Crippen molar-refractivity contribution in [2.45, 2.75) is 38.3 Å². The van der Waals surface area contributed by atoms with Crippen molar-refractivity contribution in [3.8, 4) is 0 Å². The molecule has 0 unspecified atom stereocenters. The van der Waals surface area contributed by atoms with Crippen LogP contribution in [0.25, 0.3) is 0 Å². The van der Waals surface area contributed by atoms with E-state index in [1.807, 2.05) is 0 Å². The zero-order chi connectivity index (χ0) is 14.2. The van der Waals surface area contributed by atoms with E-state index in [0.29, 0.717) is 0 Å². The standard InChI is InChI=1S/C9H13F3O5S/c1-3-16-7(13)8(2)4-6(5-8)17-18(14,15)9(10,11)12/h6H,3-5H2,1-2H3. The molecule has 1 rings (SSSR count). The second-order valence-electron chi connectivity index (χ2n) is 4.31. The minimum atomic E-state index is -5.60. The Balaban J connectivity index is 2.56. The SMILES string of the molecule is CCOC(=O)C1(C)CC(OS(=O)(=O)C(F)(F)F)C1. The summed E-state index contributed by atoms with van der Waals surface area (Å²) in [6, 6.07) is 0. The molecular formula is C9H13F3O5S. The van der Waals surface area contributed by atoms with Gasteiger partial charge in [-0.25, -0.2) is 0 Å². The second-order valence-corrected chi connectivity index (χ2v) is 5.87. The van der Waals surface area contributed by atoms with Gasteiger partial charge in [-0.15, -0.1) is 0 Å². The minimum Gasteiger partial charge on any atom is -0.466 e. The van der Waals surface area contributed by atoms with Crippen LogP contribution in [0.5, 0.6) is 0 Å². The van der Waals surface area contributed by atoms with Gasteiger partial charge in [0.05, 0.1) is 18.1 Å². The predicted octanol–water partition coefficient (Wildman–Crippen LogP) is 1.58. The zero-order valence-corrected chi connectivity index (χ0v) is 10.6. The summed E-state index contributed by atoms with van der Waals surface area (Å²) >= 11 is 0. The molecule has 18 heavy (non-hydrogen) atoms. The molecule has 1 saturated carbocycles. The third kappa shape index (κ3) is 2.94. The molecule has 0 amide bonds. The lowest BCUT2D eigenvalue weighted by molar-refractivity contribution is -0.166. The van der Waals surface area contributed by atoms with Crippen molar-refractivity contribution < 1.29 is 35.3 Å². The summed E-state index contributed by atoms with van der Waals surface area (Å²) in [6.07, 6.45) is -1.35. The fourth-order valence-corrected chi connectivity index (χ4v) is 2.32. The lowest BCUT2D eigenvalue weighted by Gasteiger charge is -2.41. The highest BCUT2D eigenvalue weighted by atomic mass is 32.2. The van der Waals surface area contributed by atoms with Crippen molar-refractivity contribution in [1.29, 1.82) is 0 Å². The first-order valence-electron chi connectivity index (χ1n) is 5.18. The van der Waals surface area contributed by atoms with Gasteiger partial charge >= 0.3 is 21.6 Å². The topological polar surface area (TPSA) is 69.7 Å². The predicted molar refractivity (Wildman–Crippen MR) is 53.8 cm³/mol. The fourth-order valence-electron chi connectivity index (χ4n) is 1.72. The maximum atomic E-state index is 12.0. The summed E-state index contributed by atoms with van der Waals surface area (Å²) in [4.78, 5) is 11.4. The van der Waals surface area contributed by atoms with Crippen LogP contribution in [0, 0.1) is 5.41 Å². The van der Waals surface area contributed by atoms with Crippen molar-refractivity contribution in [2.75, 3.05) is 6.61 Å². The molecule has 1 aliphatic carbocycles. The van der Waals surface area contributed by atoms with Gasteiger partial charge < -0.3 is 4.74 Å². The van der Waals surface area contributed by atoms with Crippen molar-refractivity contribution in [3.63, 3.8) is 0 Å². The number of esters is 1. The zero-order valence-electron chi connectivity index (χ0n) is 9.78. The van der Waals surface area contributed by atoms with E-state index >= 15 is 0 Å². The highest BCUT2D eigenvalue weighted by Gasteiger charge is 2.54. The number of alkyl halides is 3. The number of halogens is 3. The normalized spacial score (nSPS) is 28.6. The van der Waals surface area contributed by atoms with Crippen LogP contribution in [0.15, 0.2) is 0 Å². The minimum absolute atomic E-state index is 0.110. The van der Waals surface area contributed by atoms with Crippen LogP contribution in [0.1, 0.15) is 26.7 Å². The molecule has 0 heterocycles. The van der Waals surface area contributed by atoms with Gasteiger partial charge in [0.15, 0.2) is 0 Å². The molecule has 0 atom stereocenters. The lowest BCUT2D eigenvalue weighted by Crippen LogP contribution is -2.48. The van der Waals surface area contributed by atoms with Gasteiger partial charge in [-0.1, -0.05) is 0 Å². The number of rotatable bonds is 4. The van der Waals surface area contributed by atoms with Crippen molar-refractivity contribution >= 4 is 16.1 Å². The van der Waals surface area contributed by atoms with E-state index in [1.165, 1.54) is 6.92 Å². The number of hydrogen-bond acceptors (Lipinski definition) is 5. The molecule has 1 aliphatic rings. The van der Waals surface area contributed by atoms with Gasteiger partial charge in [-0.3, -0.25) is 8.98 Å². The molecule has 9 heteroatoms. The maximum absolute atomic E-state index is 12.0. The molecule has 0 aromatic heterocycles. The quantitative estimate of drug-likeness (QED) is 0.447. The van der Waals surface area contributed by atoms with E-state index in [1.54, 1.807) is 6.92 Å². The first-order chi connectivity index (χ1) is 8.02. The molecule has 1 fully saturated rings. The van der Waals surface area contributed by atoms with Crippen molar-refractivity contribution in [2.24, 2.45) is 5.41 Å². The Kier molecular flexibility index (Phi) is 3.97. The molecule has 5 nitrogen and oxygen atoms in total. The van der Waals surface area contributed by atoms with Crippen LogP contribution < -0.4 is 0 Å². The summed E-state index contributed by atoms with van der Waals surface area (Å²) in [6.45, 7) is 3.24. The summed E-state index contributed by atoms with van der Waals surface area (Å²) in [5, 5.41) is 0. The third-order valence-corrected chi connectivity index (χ3v) is 3.76. The molecule has 0 N–H and O–H groups in total.